The number of hydrogen-bond acceptors (Lipinski definition) is 3. The van der Waals surface area contributed by atoms with E-state index in [0.29, 0.717) is 0 Å². The lowest BCUT2D eigenvalue weighted by Crippen LogP contribution is -2.09. The van der Waals surface area contributed by atoms with Crippen molar-refractivity contribution in [3.05, 3.63) is 28.0 Å². The molecule has 0 atom stereocenters. The van der Waals surface area contributed by atoms with Crippen LogP contribution in [-0.4, -0.2) is 17.6 Å². The van der Waals surface area contributed by atoms with Gasteiger partial charge in [-0.3, -0.25) is 4.79 Å². The summed E-state index contributed by atoms with van der Waals surface area (Å²) in [6.07, 6.45) is -2.79. The van der Waals surface area contributed by atoms with Gasteiger partial charge in [-0.05, 0) is 19.9 Å². The van der Waals surface area contributed by atoms with E-state index in [2.05, 4.69) is 4.98 Å². The molecule has 0 saturated heterocycles. The van der Waals surface area contributed by atoms with Gasteiger partial charge in [0.2, 0.25) is 0 Å². The van der Waals surface area contributed by atoms with Crippen molar-refractivity contribution in [2.75, 3.05) is 6.61 Å². The summed E-state index contributed by atoms with van der Waals surface area (Å²) in [6, 6.07) is 1.20. The van der Waals surface area contributed by atoms with E-state index in [4.69, 9.17) is 16.3 Å². The second-order valence-electron chi connectivity index (χ2n) is 3.40. The van der Waals surface area contributed by atoms with Crippen molar-refractivity contribution in [1.82, 2.24) is 4.98 Å². The maximum atomic E-state index is 12.6. The van der Waals surface area contributed by atoms with Crippen LogP contribution in [0.25, 0.3) is 0 Å². The molecule has 0 N–H and O–H groups in total. The molecule has 0 aromatic carbocycles. The van der Waals surface area contributed by atoms with Crippen LogP contribution in [0.4, 0.5) is 8.78 Å². The van der Waals surface area contributed by atoms with Gasteiger partial charge in [0.1, 0.15) is 5.15 Å². The average Bonchev–Trinajstić information content (AvgIpc) is 2.21. The molecule has 1 aromatic rings. The van der Waals surface area contributed by atoms with Crippen molar-refractivity contribution in [2.45, 2.75) is 26.7 Å². The first kappa shape index (κ1) is 13.8. The Morgan fingerprint density at radius 3 is 2.76 bits per heavy atom. The van der Waals surface area contributed by atoms with Gasteiger partial charge in [-0.25, -0.2) is 13.8 Å². The molecule has 0 aliphatic heterocycles. The molecule has 0 radical (unpaired) electrons. The van der Waals surface area contributed by atoms with Gasteiger partial charge in [-0.2, -0.15) is 0 Å². The molecule has 1 heterocycles. The minimum Gasteiger partial charge on any atom is -0.466 e. The molecular weight excluding hydrogens is 252 g/mol. The summed E-state index contributed by atoms with van der Waals surface area (Å²) in [5.74, 6) is -0.514. The second kappa shape index (κ2) is 5.91. The van der Waals surface area contributed by atoms with Gasteiger partial charge in [-0.15, -0.1) is 0 Å². The predicted octanol–water partition coefficient (Wildman–Crippen LogP) is 3.09. The minimum absolute atomic E-state index is 0.0555. The van der Waals surface area contributed by atoms with E-state index in [1.165, 1.54) is 13.0 Å². The minimum atomic E-state index is -2.64. The number of ether oxygens (including phenoxy) is 1. The number of nitrogens with zero attached hydrogens (tertiary/aromatic N) is 1. The average molecular weight is 264 g/mol. The molecule has 0 saturated carbocycles. The molecule has 0 amide bonds. The smallest absolute Gasteiger partial charge is 0.310 e. The van der Waals surface area contributed by atoms with Crippen LogP contribution in [0.5, 0.6) is 0 Å². The Hall–Kier alpha value is -1.23. The highest BCUT2D eigenvalue weighted by Crippen LogP contribution is 2.26. The lowest BCUT2D eigenvalue weighted by Gasteiger charge is -2.09. The second-order valence-corrected chi connectivity index (χ2v) is 3.75. The fourth-order valence-corrected chi connectivity index (χ4v) is 1.60. The third-order valence-corrected chi connectivity index (χ3v) is 2.48. The first-order valence-electron chi connectivity index (χ1n) is 5.05. The van der Waals surface area contributed by atoms with E-state index in [1.807, 2.05) is 0 Å². The quantitative estimate of drug-likeness (QED) is 0.619. The Balaban J connectivity index is 2.99. The highest BCUT2D eigenvalue weighted by Gasteiger charge is 2.17. The van der Waals surface area contributed by atoms with Crippen LogP contribution in [0.3, 0.4) is 0 Å². The van der Waals surface area contributed by atoms with E-state index in [-0.39, 0.29) is 35.0 Å². The number of alkyl halides is 2. The summed E-state index contributed by atoms with van der Waals surface area (Å²) >= 11 is 5.79. The number of aromatic nitrogens is 1. The van der Waals surface area contributed by atoms with Gasteiger partial charge in [0.15, 0.2) is 0 Å². The van der Waals surface area contributed by atoms with E-state index in [0.717, 1.165) is 0 Å². The number of rotatable bonds is 4. The first-order valence-corrected chi connectivity index (χ1v) is 5.43. The number of carbonyl (C=O) groups is 1. The van der Waals surface area contributed by atoms with E-state index < -0.39 is 12.4 Å². The topological polar surface area (TPSA) is 39.2 Å². The normalized spacial score (nSPS) is 10.7. The maximum absolute atomic E-state index is 12.6. The highest BCUT2D eigenvalue weighted by atomic mass is 35.5. The Morgan fingerprint density at radius 1 is 1.59 bits per heavy atom. The molecule has 3 nitrogen and oxygen atoms in total. The zero-order valence-electron chi connectivity index (χ0n) is 9.47. The van der Waals surface area contributed by atoms with Crippen LogP contribution in [0.1, 0.15) is 30.2 Å². The maximum Gasteiger partial charge on any atom is 0.310 e. The first-order chi connectivity index (χ1) is 7.95. The van der Waals surface area contributed by atoms with Crippen molar-refractivity contribution >= 4 is 17.6 Å². The van der Waals surface area contributed by atoms with Crippen molar-refractivity contribution < 1.29 is 18.3 Å². The molecule has 1 rings (SSSR count). The largest absolute Gasteiger partial charge is 0.466 e. The molecule has 0 unspecified atom stereocenters. The van der Waals surface area contributed by atoms with Gasteiger partial charge in [0.25, 0.3) is 6.43 Å². The van der Waals surface area contributed by atoms with Crippen molar-refractivity contribution in [2.24, 2.45) is 0 Å². The van der Waals surface area contributed by atoms with Crippen LogP contribution in [-0.2, 0) is 16.0 Å². The van der Waals surface area contributed by atoms with E-state index >= 15 is 0 Å². The number of carbonyl (C=O) groups excluding carboxylic acids is 1. The number of hydrogen-bond donors (Lipinski definition) is 0. The van der Waals surface area contributed by atoms with Gasteiger partial charge in [0.05, 0.1) is 13.0 Å². The third-order valence-electron chi connectivity index (χ3n) is 2.15. The van der Waals surface area contributed by atoms with Crippen LogP contribution >= 0.6 is 11.6 Å². The Labute approximate surface area is 103 Å². The molecule has 17 heavy (non-hydrogen) atoms. The third kappa shape index (κ3) is 3.63. The summed E-state index contributed by atoms with van der Waals surface area (Å²) in [7, 11) is 0. The molecule has 0 aliphatic carbocycles. The molecule has 0 aliphatic rings. The monoisotopic (exact) mass is 263 g/mol. The lowest BCUT2D eigenvalue weighted by atomic mass is 10.1. The molecule has 0 fully saturated rings. The molecule has 0 spiro atoms. The number of esters is 1. The Kier molecular flexibility index (Phi) is 4.81. The highest BCUT2D eigenvalue weighted by molar-refractivity contribution is 6.30. The SMILES string of the molecule is CCOC(=O)Cc1cc(C(F)F)c(C)nc1Cl. The Morgan fingerprint density at radius 2 is 2.24 bits per heavy atom. The summed E-state index contributed by atoms with van der Waals surface area (Å²) in [6.45, 7) is 3.34. The summed E-state index contributed by atoms with van der Waals surface area (Å²) < 4.78 is 30.0. The van der Waals surface area contributed by atoms with Gasteiger partial charge >= 0.3 is 5.97 Å². The molecule has 94 valence electrons. The van der Waals surface area contributed by atoms with Crippen LogP contribution in [0.15, 0.2) is 6.07 Å². The van der Waals surface area contributed by atoms with Gasteiger partial charge in [-0.1, -0.05) is 11.6 Å². The fourth-order valence-electron chi connectivity index (χ4n) is 1.35. The molecule has 6 heteroatoms. The van der Waals surface area contributed by atoms with Crippen LogP contribution < -0.4 is 0 Å². The van der Waals surface area contributed by atoms with Crippen LogP contribution in [0, 0.1) is 6.92 Å². The van der Waals surface area contributed by atoms with Gasteiger partial charge < -0.3 is 4.74 Å². The lowest BCUT2D eigenvalue weighted by molar-refractivity contribution is -0.142. The van der Waals surface area contributed by atoms with Gasteiger partial charge in [0, 0.05) is 16.8 Å². The number of pyridine rings is 1. The van der Waals surface area contributed by atoms with Crippen molar-refractivity contribution in [1.29, 1.82) is 0 Å². The summed E-state index contributed by atoms with van der Waals surface area (Å²) in [5, 5.41) is 0.0555. The van der Waals surface area contributed by atoms with Crippen LogP contribution in [0.2, 0.25) is 5.15 Å². The summed E-state index contributed by atoms with van der Waals surface area (Å²) in [4.78, 5) is 15.0. The van der Waals surface area contributed by atoms with Crippen molar-refractivity contribution in [3.63, 3.8) is 0 Å². The zero-order valence-corrected chi connectivity index (χ0v) is 10.2. The number of aryl methyl sites for hydroxylation is 1. The standard InChI is InChI=1S/C11H12ClF2NO2/c1-3-17-9(16)5-7-4-8(11(13)14)6(2)15-10(7)12/h4,11H,3,5H2,1-2H3. The van der Waals surface area contributed by atoms with E-state index in [1.54, 1.807) is 6.92 Å². The zero-order chi connectivity index (χ0) is 13.0. The van der Waals surface area contributed by atoms with E-state index in [9.17, 15) is 13.6 Å². The number of halogens is 3. The Bertz CT molecular complexity index is 424. The predicted molar refractivity (Wildman–Crippen MR) is 59.3 cm³/mol. The summed E-state index contributed by atoms with van der Waals surface area (Å²) in [5.41, 5.74) is 0.206. The molecular formula is C11H12ClF2NO2. The molecule has 1 aromatic heterocycles. The van der Waals surface area contributed by atoms with Crippen molar-refractivity contribution in [3.8, 4) is 0 Å². The fraction of sp³-hybridized carbons (Fsp3) is 0.455. The molecule has 0 bridgehead atoms.